The summed E-state index contributed by atoms with van der Waals surface area (Å²) in [5.41, 5.74) is 2.88. The summed E-state index contributed by atoms with van der Waals surface area (Å²) < 4.78 is 6.17. The van der Waals surface area contributed by atoms with Crippen molar-refractivity contribution in [3.05, 3.63) is 71.8 Å². The fourth-order valence-corrected chi connectivity index (χ4v) is 4.30. The average Bonchev–Trinajstić information content (AvgIpc) is 2.97. The molecule has 1 aliphatic rings. The van der Waals surface area contributed by atoms with Gasteiger partial charge in [0, 0.05) is 32.8 Å². The Kier molecular flexibility index (Phi) is 18.9. The van der Waals surface area contributed by atoms with Crippen LogP contribution in [0.4, 0.5) is 0 Å². The summed E-state index contributed by atoms with van der Waals surface area (Å²) in [6.45, 7) is 6.63. The van der Waals surface area contributed by atoms with Crippen LogP contribution in [0.5, 0.6) is 0 Å². The molecule has 3 rings (SSSR count). The minimum atomic E-state index is -1.82. The molecule has 0 radical (unpaired) electrons. The number of carboxylic acid groups (broad SMARTS) is 4. The normalized spacial score (nSPS) is 13.3. The Labute approximate surface area is 247 Å². The molecule has 1 aliphatic heterocycles. The third-order valence-electron chi connectivity index (χ3n) is 6.54. The highest BCUT2D eigenvalue weighted by Gasteiger charge is 2.19. The summed E-state index contributed by atoms with van der Waals surface area (Å²) in [5, 5.41) is 29.6. The number of likely N-dealkylation sites (tertiary alicyclic amines) is 1. The van der Waals surface area contributed by atoms with Gasteiger partial charge in [-0.2, -0.15) is 0 Å². The van der Waals surface area contributed by atoms with Crippen molar-refractivity contribution >= 4 is 23.9 Å². The van der Waals surface area contributed by atoms with Gasteiger partial charge in [0.2, 0.25) is 0 Å². The molecule has 42 heavy (non-hydrogen) atoms. The largest absolute Gasteiger partial charge is 0.473 e. The Morgan fingerprint density at radius 3 is 1.69 bits per heavy atom. The number of piperidine rings is 1. The average molecular weight is 589 g/mol. The van der Waals surface area contributed by atoms with E-state index in [0.717, 1.165) is 39.2 Å². The second kappa shape index (κ2) is 21.9. The molecule has 0 saturated carbocycles. The van der Waals surface area contributed by atoms with E-state index in [9.17, 15) is 0 Å². The van der Waals surface area contributed by atoms with Crippen LogP contribution in [-0.4, -0.2) is 100 Å². The van der Waals surface area contributed by atoms with Crippen LogP contribution < -0.4 is 0 Å². The zero-order valence-electron chi connectivity index (χ0n) is 24.3. The van der Waals surface area contributed by atoms with Gasteiger partial charge in [-0.05, 0) is 63.2 Å². The van der Waals surface area contributed by atoms with Gasteiger partial charge in [0.1, 0.15) is 0 Å². The van der Waals surface area contributed by atoms with Crippen LogP contribution >= 0.6 is 0 Å². The summed E-state index contributed by atoms with van der Waals surface area (Å²) in [6, 6.07) is 21.6. The highest BCUT2D eigenvalue weighted by Crippen LogP contribution is 2.16. The number of aliphatic carboxylic acids is 4. The molecule has 1 heterocycles. The molecule has 0 amide bonds. The lowest BCUT2D eigenvalue weighted by molar-refractivity contribution is -0.159. The molecular formula is C31H44N2O9. The highest BCUT2D eigenvalue weighted by molar-refractivity contribution is 6.27. The Hall–Kier alpha value is -3.80. The zero-order valence-corrected chi connectivity index (χ0v) is 24.3. The van der Waals surface area contributed by atoms with Gasteiger partial charge in [-0.1, -0.05) is 67.1 Å². The molecule has 1 saturated heterocycles. The van der Waals surface area contributed by atoms with Crippen molar-refractivity contribution in [2.75, 3.05) is 39.8 Å². The Morgan fingerprint density at radius 1 is 0.714 bits per heavy atom. The van der Waals surface area contributed by atoms with Crippen molar-refractivity contribution in [2.45, 2.75) is 57.6 Å². The number of ether oxygens (including phenoxy) is 1. The SMILES string of the molecule is CN(CCCCCc1ccccc1)CCCOC1CCN(Cc2ccccc2)CC1.O=C(O)C(=O)O.O=C(O)C(=O)O. The van der Waals surface area contributed by atoms with Crippen LogP contribution in [0.25, 0.3) is 0 Å². The first-order valence-corrected chi connectivity index (χ1v) is 14.1. The van der Waals surface area contributed by atoms with Gasteiger partial charge in [-0.15, -0.1) is 0 Å². The Morgan fingerprint density at radius 2 is 1.19 bits per heavy atom. The molecule has 0 atom stereocenters. The predicted molar refractivity (Wildman–Crippen MR) is 157 cm³/mol. The summed E-state index contributed by atoms with van der Waals surface area (Å²) in [4.78, 5) is 41.4. The monoisotopic (exact) mass is 588 g/mol. The lowest BCUT2D eigenvalue weighted by atomic mass is 10.1. The smallest absolute Gasteiger partial charge is 0.414 e. The molecule has 0 bridgehead atoms. The minimum Gasteiger partial charge on any atom is -0.473 e. The number of carbonyl (C=O) groups is 4. The van der Waals surface area contributed by atoms with Gasteiger partial charge < -0.3 is 30.1 Å². The minimum absolute atomic E-state index is 0.459. The third kappa shape index (κ3) is 18.5. The summed E-state index contributed by atoms with van der Waals surface area (Å²) >= 11 is 0. The van der Waals surface area contributed by atoms with Gasteiger partial charge in [0.05, 0.1) is 6.10 Å². The zero-order chi connectivity index (χ0) is 31.2. The molecule has 232 valence electrons. The van der Waals surface area contributed by atoms with Crippen LogP contribution in [-0.2, 0) is 36.9 Å². The number of hydrogen-bond acceptors (Lipinski definition) is 7. The van der Waals surface area contributed by atoms with E-state index in [1.54, 1.807) is 0 Å². The van der Waals surface area contributed by atoms with Crippen LogP contribution in [0.3, 0.4) is 0 Å². The molecule has 11 nitrogen and oxygen atoms in total. The van der Waals surface area contributed by atoms with Crippen molar-refractivity contribution in [3.63, 3.8) is 0 Å². The van der Waals surface area contributed by atoms with E-state index in [1.807, 2.05) is 0 Å². The van der Waals surface area contributed by atoms with Gasteiger partial charge in [-0.3, -0.25) is 4.90 Å². The first-order chi connectivity index (χ1) is 20.1. The number of unbranched alkanes of at least 4 members (excludes halogenated alkanes) is 2. The maximum absolute atomic E-state index is 9.10. The molecule has 0 aromatic heterocycles. The molecular weight excluding hydrogens is 544 g/mol. The summed E-state index contributed by atoms with van der Waals surface area (Å²) in [7, 11) is 2.25. The number of carboxylic acids is 4. The van der Waals surface area contributed by atoms with Crippen LogP contribution in [0.2, 0.25) is 0 Å². The van der Waals surface area contributed by atoms with Crippen LogP contribution in [0, 0.1) is 0 Å². The Bertz CT molecular complexity index is 995. The van der Waals surface area contributed by atoms with Crippen molar-refractivity contribution < 1.29 is 44.3 Å². The fourth-order valence-electron chi connectivity index (χ4n) is 4.30. The van der Waals surface area contributed by atoms with E-state index in [0.29, 0.717) is 6.10 Å². The van der Waals surface area contributed by atoms with Crippen LogP contribution in [0.15, 0.2) is 60.7 Å². The fraction of sp³-hybridized carbons (Fsp3) is 0.484. The van der Waals surface area contributed by atoms with Gasteiger partial charge >= 0.3 is 23.9 Å². The second-order valence-corrected chi connectivity index (χ2v) is 10.0. The topological polar surface area (TPSA) is 165 Å². The number of hydrogen-bond donors (Lipinski definition) is 4. The maximum atomic E-state index is 9.10. The predicted octanol–water partition coefficient (Wildman–Crippen LogP) is 3.71. The molecule has 1 fully saturated rings. The first kappa shape index (κ1) is 36.2. The highest BCUT2D eigenvalue weighted by atomic mass is 16.5. The summed E-state index contributed by atoms with van der Waals surface area (Å²) in [5.74, 6) is -7.30. The molecule has 0 aliphatic carbocycles. The van der Waals surface area contributed by atoms with Crippen molar-refractivity contribution in [2.24, 2.45) is 0 Å². The maximum Gasteiger partial charge on any atom is 0.414 e. The first-order valence-electron chi connectivity index (χ1n) is 14.1. The second-order valence-electron chi connectivity index (χ2n) is 10.0. The van der Waals surface area contributed by atoms with E-state index >= 15 is 0 Å². The van der Waals surface area contributed by atoms with E-state index in [2.05, 4.69) is 77.5 Å². The van der Waals surface area contributed by atoms with Crippen molar-refractivity contribution in [1.29, 1.82) is 0 Å². The Balaban J connectivity index is 0.000000618. The number of aryl methyl sites for hydroxylation is 1. The quantitative estimate of drug-likeness (QED) is 0.199. The van der Waals surface area contributed by atoms with E-state index in [1.165, 1.54) is 56.2 Å². The van der Waals surface area contributed by atoms with Gasteiger partial charge in [0.25, 0.3) is 0 Å². The number of rotatable bonds is 13. The molecule has 2 aromatic carbocycles. The van der Waals surface area contributed by atoms with E-state index in [4.69, 9.17) is 44.3 Å². The lowest BCUT2D eigenvalue weighted by Crippen LogP contribution is -2.36. The van der Waals surface area contributed by atoms with Crippen LogP contribution in [0.1, 0.15) is 49.7 Å². The molecule has 4 N–H and O–H groups in total. The lowest BCUT2D eigenvalue weighted by Gasteiger charge is -2.32. The third-order valence-corrected chi connectivity index (χ3v) is 6.54. The molecule has 0 unspecified atom stereocenters. The summed E-state index contributed by atoms with van der Waals surface area (Å²) in [6.07, 6.45) is 9.06. The van der Waals surface area contributed by atoms with Gasteiger partial charge in [-0.25, -0.2) is 19.2 Å². The molecule has 2 aromatic rings. The van der Waals surface area contributed by atoms with E-state index < -0.39 is 23.9 Å². The van der Waals surface area contributed by atoms with Gasteiger partial charge in [0.15, 0.2) is 0 Å². The van der Waals surface area contributed by atoms with Crippen molar-refractivity contribution in [1.82, 2.24) is 9.80 Å². The number of benzene rings is 2. The molecule has 11 heteroatoms. The molecule has 0 spiro atoms. The number of nitrogens with zero attached hydrogens (tertiary/aromatic N) is 2. The standard InChI is InChI=1S/C27H40N2O.2C2H2O4/c1-28(19-10-4-9-14-25-12-5-2-6-13-25)20-11-23-30-27-17-21-29(22-18-27)24-26-15-7-3-8-16-26;2*3-1(4)2(5)6/h2-3,5-8,12-13,15-16,27H,4,9-11,14,17-24H2,1H3;2*(H,3,4)(H,5,6). The van der Waals surface area contributed by atoms with E-state index in [-0.39, 0.29) is 0 Å². The van der Waals surface area contributed by atoms with Crippen molar-refractivity contribution in [3.8, 4) is 0 Å².